The standard InChI is InChI=1S/C10H15FN2O/c1-5(2)9(13)7-3-6(12)4-8(11)10(7)14/h3-5,9,14H,12-13H2,1-2H3/t9-/m1/s1. The van der Waals surface area contributed by atoms with Crippen LogP contribution in [-0.2, 0) is 0 Å². The second-order valence-corrected chi connectivity index (χ2v) is 3.71. The third kappa shape index (κ3) is 1.96. The van der Waals surface area contributed by atoms with Crippen LogP contribution in [0.4, 0.5) is 10.1 Å². The molecule has 0 spiro atoms. The number of hydrogen-bond donors (Lipinski definition) is 3. The smallest absolute Gasteiger partial charge is 0.167 e. The van der Waals surface area contributed by atoms with Gasteiger partial charge in [0.05, 0.1) is 0 Å². The molecule has 0 aliphatic rings. The maximum atomic E-state index is 13.1. The topological polar surface area (TPSA) is 72.3 Å². The highest BCUT2D eigenvalue weighted by atomic mass is 19.1. The summed E-state index contributed by atoms with van der Waals surface area (Å²) in [5.41, 5.74) is 11.9. The molecule has 14 heavy (non-hydrogen) atoms. The predicted octanol–water partition coefficient (Wildman–Crippen LogP) is 1.77. The Morgan fingerprint density at radius 1 is 1.36 bits per heavy atom. The van der Waals surface area contributed by atoms with Gasteiger partial charge in [0.25, 0.3) is 0 Å². The highest BCUT2D eigenvalue weighted by molar-refractivity contribution is 5.49. The predicted molar refractivity (Wildman–Crippen MR) is 54.2 cm³/mol. The van der Waals surface area contributed by atoms with E-state index in [0.29, 0.717) is 5.56 Å². The van der Waals surface area contributed by atoms with E-state index in [4.69, 9.17) is 11.5 Å². The molecule has 3 nitrogen and oxygen atoms in total. The Bertz CT molecular complexity index is 339. The summed E-state index contributed by atoms with van der Waals surface area (Å²) in [5, 5.41) is 9.43. The summed E-state index contributed by atoms with van der Waals surface area (Å²) in [7, 11) is 0. The van der Waals surface area contributed by atoms with E-state index in [1.165, 1.54) is 6.07 Å². The van der Waals surface area contributed by atoms with Crippen molar-refractivity contribution in [3.05, 3.63) is 23.5 Å². The number of phenolic OH excluding ortho intramolecular Hbond substituents is 1. The van der Waals surface area contributed by atoms with Gasteiger partial charge >= 0.3 is 0 Å². The van der Waals surface area contributed by atoms with Crippen molar-refractivity contribution in [1.82, 2.24) is 0 Å². The number of rotatable bonds is 2. The molecule has 1 aromatic rings. The number of benzene rings is 1. The second kappa shape index (κ2) is 3.84. The van der Waals surface area contributed by atoms with Crippen molar-refractivity contribution >= 4 is 5.69 Å². The Kier molecular flexibility index (Phi) is 2.96. The van der Waals surface area contributed by atoms with Crippen molar-refractivity contribution in [1.29, 1.82) is 0 Å². The van der Waals surface area contributed by atoms with Crippen molar-refractivity contribution in [2.75, 3.05) is 5.73 Å². The van der Waals surface area contributed by atoms with Crippen molar-refractivity contribution in [2.45, 2.75) is 19.9 Å². The van der Waals surface area contributed by atoms with Crippen LogP contribution < -0.4 is 11.5 Å². The number of hydrogen-bond acceptors (Lipinski definition) is 3. The summed E-state index contributed by atoms with van der Waals surface area (Å²) in [6, 6.07) is 2.17. The normalized spacial score (nSPS) is 13.2. The number of nitrogens with two attached hydrogens (primary N) is 2. The van der Waals surface area contributed by atoms with Crippen LogP contribution in [0.25, 0.3) is 0 Å². The lowest BCUT2D eigenvalue weighted by Crippen LogP contribution is -2.17. The number of halogens is 1. The molecule has 0 bridgehead atoms. The lowest BCUT2D eigenvalue weighted by molar-refractivity contribution is 0.408. The minimum Gasteiger partial charge on any atom is -0.505 e. The summed E-state index contributed by atoms with van der Waals surface area (Å²) in [6.45, 7) is 3.79. The van der Waals surface area contributed by atoms with Crippen LogP contribution in [0.15, 0.2) is 12.1 Å². The van der Waals surface area contributed by atoms with E-state index in [0.717, 1.165) is 6.07 Å². The van der Waals surface area contributed by atoms with Gasteiger partial charge in [-0.1, -0.05) is 13.8 Å². The van der Waals surface area contributed by atoms with Crippen LogP contribution in [-0.4, -0.2) is 5.11 Å². The number of phenols is 1. The van der Waals surface area contributed by atoms with Crippen molar-refractivity contribution in [2.24, 2.45) is 11.7 Å². The van der Waals surface area contributed by atoms with E-state index < -0.39 is 17.6 Å². The third-order valence-corrected chi connectivity index (χ3v) is 2.19. The molecule has 1 rings (SSSR count). The van der Waals surface area contributed by atoms with Gasteiger partial charge in [-0.25, -0.2) is 4.39 Å². The van der Waals surface area contributed by atoms with Crippen molar-refractivity contribution < 1.29 is 9.50 Å². The van der Waals surface area contributed by atoms with Gasteiger partial charge in [0.15, 0.2) is 11.6 Å². The Morgan fingerprint density at radius 3 is 2.43 bits per heavy atom. The third-order valence-electron chi connectivity index (χ3n) is 2.19. The molecule has 0 radical (unpaired) electrons. The van der Waals surface area contributed by atoms with E-state index in [1.807, 2.05) is 13.8 Å². The zero-order chi connectivity index (χ0) is 10.9. The Balaban J connectivity index is 3.20. The van der Waals surface area contributed by atoms with Gasteiger partial charge in [-0.05, 0) is 12.0 Å². The highest BCUT2D eigenvalue weighted by Gasteiger charge is 2.17. The van der Waals surface area contributed by atoms with Crippen molar-refractivity contribution in [3.8, 4) is 5.75 Å². The van der Waals surface area contributed by atoms with Crippen LogP contribution in [0, 0.1) is 11.7 Å². The van der Waals surface area contributed by atoms with E-state index in [9.17, 15) is 9.50 Å². The first-order valence-electron chi connectivity index (χ1n) is 4.47. The molecule has 0 amide bonds. The molecule has 1 atom stereocenters. The molecule has 78 valence electrons. The van der Waals surface area contributed by atoms with Gasteiger partial charge in [-0.3, -0.25) is 0 Å². The fourth-order valence-electron chi connectivity index (χ4n) is 1.26. The fraction of sp³-hybridized carbons (Fsp3) is 0.400. The average Bonchev–Trinajstić information content (AvgIpc) is 2.09. The van der Waals surface area contributed by atoms with Crippen LogP contribution in [0.5, 0.6) is 5.75 Å². The first-order chi connectivity index (χ1) is 6.43. The molecule has 0 aliphatic heterocycles. The summed E-state index contributed by atoms with van der Waals surface area (Å²) >= 11 is 0. The minimum atomic E-state index is -0.726. The SMILES string of the molecule is CC(C)[C@@H](N)c1cc(N)cc(F)c1O. The largest absolute Gasteiger partial charge is 0.505 e. The van der Waals surface area contributed by atoms with E-state index >= 15 is 0 Å². The van der Waals surface area contributed by atoms with Crippen LogP contribution in [0.3, 0.4) is 0 Å². The van der Waals surface area contributed by atoms with Gasteiger partial charge in [0.1, 0.15) is 0 Å². The lowest BCUT2D eigenvalue weighted by atomic mass is 9.95. The van der Waals surface area contributed by atoms with E-state index in [-0.39, 0.29) is 11.6 Å². The second-order valence-electron chi connectivity index (χ2n) is 3.71. The van der Waals surface area contributed by atoms with Crippen LogP contribution >= 0.6 is 0 Å². The molecule has 0 aromatic heterocycles. The number of aromatic hydroxyl groups is 1. The first kappa shape index (κ1) is 10.8. The van der Waals surface area contributed by atoms with Gasteiger partial charge in [-0.2, -0.15) is 0 Å². The van der Waals surface area contributed by atoms with E-state index in [2.05, 4.69) is 0 Å². The van der Waals surface area contributed by atoms with Crippen LogP contribution in [0.1, 0.15) is 25.5 Å². The summed E-state index contributed by atoms with van der Waals surface area (Å²) in [4.78, 5) is 0. The fourth-order valence-corrected chi connectivity index (χ4v) is 1.26. The van der Waals surface area contributed by atoms with Gasteiger partial charge in [-0.15, -0.1) is 0 Å². The zero-order valence-corrected chi connectivity index (χ0v) is 8.29. The minimum absolute atomic E-state index is 0.113. The maximum Gasteiger partial charge on any atom is 0.167 e. The maximum absolute atomic E-state index is 13.1. The van der Waals surface area contributed by atoms with Crippen molar-refractivity contribution in [3.63, 3.8) is 0 Å². The molecular weight excluding hydrogens is 183 g/mol. The van der Waals surface area contributed by atoms with Gasteiger partial charge in [0, 0.05) is 23.4 Å². The Labute approximate surface area is 82.5 Å². The lowest BCUT2D eigenvalue weighted by Gasteiger charge is -2.18. The molecule has 4 heteroatoms. The summed E-state index contributed by atoms with van der Waals surface area (Å²) in [6.07, 6.45) is 0. The molecule has 0 heterocycles. The molecule has 0 saturated heterocycles. The number of nitrogen functional groups attached to an aromatic ring is 1. The molecular formula is C10H15FN2O. The molecule has 1 aromatic carbocycles. The summed E-state index contributed by atoms with van der Waals surface area (Å²) in [5.74, 6) is -1.02. The van der Waals surface area contributed by atoms with E-state index in [1.54, 1.807) is 0 Å². The average molecular weight is 198 g/mol. The summed E-state index contributed by atoms with van der Waals surface area (Å²) < 4.78 is 13.1. The zero-order valence-electron chi connectivity index (χ0n) is 8.29. The van der Waals surface area contributed by atoms with Gasteiger partial charge in [0.2, 0.25) is 0 Å². The quantitative estimate of drug-likeness (QED) is 0.501. The highest BCUT2D eigenvalue weighted by Crippen LogP contribution is 2.31. The monoisotopic (exact) mass is 198 g/mol. The Morgan fingerprint density at radius 2 is 1.93 bits per heavy atom. The van der Waals surface area contributed by atoms with Gasteiger partial charge < -0.3 is 16.6 Å². The molecule has 5 N–H and O–H groups in total. The molecule has 0 unspecified atom stereocenters. The molecule has 0 saturated carbocycles. The number of anilines is 1. The first-order valence-corrected chi connectivity index (χ1v) is 4.47. The Hall–Kier alpha value is -1.29. The molecule has 0 fully saturated rings. The molecule has 0 aliphatic carbocycles. The van der Waals surface area contributed by atoms with Crippen LogP contribution in [0.2, 0.25) is 0 Å².